The third kappa shape index (κ3) is 9.98. The van der Waals surface area contributed by atoms with Crippen LogP contribution in [0.3, 0.4) is 0 Å². The molecule has 1 aliphatic heterocycles. The maximum Gasteiger partial charge on any atom is 0.306 e. The lowest BCUT2D eigenvalue weighted by Gasteiger charge is -2.35. The van der Waals surface area contributed by atoms with Crippen molar-refractivity contribution in [3.63, 3.8) is 0 Å². The maximum absolute atomic E-state index is 13.1. The lowest BCUT2D eigenvalue weighted by Crippen LogP contribution is -2.61. The van der Waals surface area contributed by atoms with Crippen LogP contribution in [0.15, 0.2) is 43.5 Å². The Bertz CT molecular complexity index is 1020. The van der Waals surface area contributed by atoms with E-state index in [0.717, 1.165) is 24.0 Å². The van der Waals surface area contributed by atoms with E-state index in [-0.39, 0.29) is 30.2 Å². The van der Waals surface area contributed by atoms with Crippen molar-refractivity contribution in [1.29, 1.82) is 0 Å². The zero-order chi connectivity index (χ0) is 28.9. The van der Waals surface area contributed by atoms with Gasteiger partial charge in [-0.25, -0.2) is 5.43 Å². The van der Waals surface area contributed by atoms with Crippen molar-refractivity contribution >= 4 is 29.8 Å². The quantitative estimate of drug-likeness (QED) is 0.188. The molecule has 0 saturated carbocycles. The molecule has 0 aromatic heterocycles. The number of unbranched alkanes of at least 4 members (excludes halogenated alkanes) is 2. The Hall–Kier alpha value is -3.46. The normalized spacial score (nSPS) is 17.5. The van der Waals surface area contributed by atoms with Crippen LogP contribution in [0, 0.1) is 5.92 Å². The minimum absolute atomic E-state index is 0.208. The molecule has 3 N–H and O–H groups in total. The summed E-state index contributed by atoms with van der Waals surface area (Å²) < 4.78 is 5.44. The second-order valence-corrected chi connectivity index (χ2v) is 10.3. The van der Waals surface area contributed by atoms with Crippen LogP contribution in [0.4, 0.5) is 0 Å². The number of hydrogen-bond donors (Lipinski definition) is 3. The Kier molecular flexibility index (Phi) is 12.9. The number of carbonyl (C=O) groups is 4. The molecule has 0 bridgehead atoms. The smallest absolute Gasteiger partial charge is 0.306 e. The van der Waals surface area contributed by atoms with Crippen molar-refractivity contribution in [2.45, 2.75) is 90.4 Å². The Morgan fingerprint density at radius 1 is 1.13 bits per heavy atom. The monoisotopic (exact) mass is 540 g/mol. The summed E-state index contributed by atoms with van der Waals surface area (Å²) in [6, 6.07) is 6.09. The number of hydrogen-bond acceptors (Lipinski definition) is 6. The maximum atomic E-state index is 13.1. The summed E-state index contributed by atoms with van der Waals surface area (Å²) in [6.45, 7) is 14.9. The summed E-state index contributed by atoms with van der Waals surface area (Å²) in [6.07, 6.45) is 6.28. The van der Waals surface area contributed by atoms with Gasteiger partial charge in [0.15, 0.2) is 6.10 Å². The average molecular weight is 541 g/mol. The Labute approximate surface area is 232 Å². The standard InChI is InChI=1S/C30H44N4O5/c1-7-9-10-11-17-26(35)39-27(20(3)4)29(37)32-22(6)30(38)34-18-13-16-25(33-34)28(36)31-21(5)24-15-12-14-23(8-2)19-24/h7-8,12,14-15,19-22,25,27,33H,1-2,9-11,13,16-18H2,3-6H3,(H,31,36)(H,32,37). The molecule has 3 amide bonds. The summed E-state index contributed by atoms with van der Waals surface area (Å²) >= 11 is 0. The molecule has 39 heavy (non-hydrogen) atoms. The van der Waals surface area contributed by atoms with Crippen LogP contribution < -0.4 is 16.1 Å². The van der Waals surface area contributed by atoms with Crippen molar-refractivity contribution in [2.24, 2.45) is 5.92 Å². The van der Waals surface area contributed by atoms with Gasteiger partial charge in [-0.3, -0.25) is 24.2 Å². The van der Waals surface area contributed by atoms with Gasteiger partial charge in [0.25, 0.3) is 11.8 Å². The molecule has 214 valence electrons. The fraction of sp³-hybridized carbons (Fsp3) is 0.533. The minimum Gasteiger partial charge on any atom is -0.452 e. The fourth-order valence-corrected chi connectivity index (χ4v) is 4.33. The number of allylic oxidation sites excluding steroid dienone is 1. The highest BCUT2D eigenvalue weighted by Gasteiger charge is 2.33. The first kappa shape index (κ1) is 31.8. The number of amides is 3. The number of esters is 1. The summed E-state index contributed by atoms with van der Waals surface area (Å²) in [5, 5.41) is 7.07. The number of carbonyl (C=O) groups excluding carboxylic acids is 4. The molecule has 4 unspecified atom stereocenters. The van der Waals surface area contributed by atoms with Gasteiger partial charge in [-0.1, -0.05) is 50.8 Å². The lowest BCUT2D eigenvalue weighted by molar-refractivity contribution is -0.159. The van der Waals surface area contributed by atoms with E-state index in [0.29, 0.717) is 25.8 Å². The van der Waals surface area contributed by atoms with Crippen LogP contribution in [0.5, 0.6) is 0 Å². The van der Waals surface area contributed by atoms with Crippen LogP contribution in [0.2, 0.25) is 0 Å². The fourth-order valence-electron chi connectivity index (χ4n) is 4.33. The van der Waals surface area contributed by atoms with Crippen molar-refractivity contribution in [2.75, 3.05) is 6.54 Å². The van der Waals surface area contributed by atoms with Crippen LogP contribution in [0.1, 0.15) is 83.4 Å². The third-order valence-electron chi connectivity index (χ3n) is 6.66. The number of rotatable bonds is 14. The van der Waals surface area contributed by atoms with Crippen molar-refractivity contribution in [1.82, 2.24) is 21.1 Å². The van der Waals surface area contributed by atoms with E-state index in [1.54, 1.807) is 32.9 Å². The van der Waals surface area contributed by atoms with Gasteiger partial charge in [0.05, 0.1) is 6.04 Å². The predicted octanol–water partition coefficient (Wildman–Crippen LogP) is 3.82. The summed E-state index contributed by atoms with van der Waals surface area (Å²) in [5.41, 5.74) is 4.94. The number of nitrogens with zero attached hydrogens (tertiary/aromatic N) is 1. The highest BCUT2D eigenvalue weighted by molar-refractivity contribution is 5.90. The molecule has 9 nitrogen and oxygen atoms in total. The molecular weight excluding hydrogens is 496 g/mol. The topological polar surface area (TPSA) is 117 Å². The largest absolute Gasteiger partial charge is 0.452 e. The SMILES string of the molecule is C=CCCCCC(=O)OC(C(=O)NC(C)C(=O)N1CCCC(C(=O)NC(C)c2cccc(C=C)c2)N1)C(C)C. The lowest BCUT2D eigenvalue weighted by atomic mass is 10.0. The Morgan fingerprint density at radius 3 is 2.54 bits per heavy atom. The highest BCUT2D eigenvalue weighted by atomic mass is 16.5. The Morgan fingerprint density at radius 2 is 1.87 bits per heavy atom. The van der Waals surface area contributed by atoms with E-state index < -0.39 is 30.1 Å². The molecule has 1 aromatic rings. The van der Waals surface area contributed by atoms with Crippen LogP contribution in [-0.4, -0.2) is 53.4 Å². The van der Waals surface area contributed by atoms with E-state index in [9.17, 15) is 19.2 Å². The first-order chi connectivity index (χ1) is 18.6. The van der Waals surface area contributed by atoms with Crippen LogP contribution >= 0.6 is 0 Å². The van der Waals surface area contributed by atoms with Gasteiger partial charge in [-0.15, -0.1) is 6.58 Å². The molecule has 0 radical (unpaired) electrons. The molecule has 1 fully saturated rings. The van der Waals surface area contributed by atoms with Gasteiger partial charge in [-0.2, -0.15) is 0 Å². The number of ether oxygens (including phenoxy) is 1. The Balaban J connectivity index is 1.91. The van der Waals surface area contributed by atoms with Gasteiger partial charge in [0.1, 0.15) is 12.1 Å². The number of benzene rings is 1. The van der Waals surface area contributed by atoms with E-state index >= 15 is 0 Å². The van der Waals surface area contributed by atoms with E-state index in [2.05, 4.69) is 29.2 Å². The average Bonchev–Trinajstić information content (AvgIpc) is 2.93. The first-order valence-corrected chi connectivity index (χ1v) is 13.8. The van der Waals surface area contributed by atoms with Gasteiger partial charge < -0.3 is 15.4 Å². The molecule has 9 heteroatoms. The minimum atomic E-state index is -0.999. The van der Waals surface area contributed by atoms with Gasteiger partial charge in [0, 0.05) is 13.0 Å². The van der Waals surface area contributed by atoms with Crippen LogP contribution in [-0.2, 0) is 23.9 Å². The summed E-state index contributed by atoms with van der Waals surface area (Å²) in [7, 11) is 0. The third-order valence-corrected chi connectivity index (χ3v) is 6.66. The molecule has 1 aromatic carbocycles. The predicted molar refractivity (Wildman–Crippen MR) is 152 cm³/mol. The van der Waals surface area contributed by atoms with E-state index in [4.69, 9.17) is 4.74 Å². The summed E-state index contributed by atoms with van der Waals surface area (Å²) in [4.78, 5) is 51.2. The highest BCUT2D eigenvalue weighted by Crippen LogP contribution is 2.17. The number of nitrogens with one attached hydrogen (secondary N) is 3. The first-order valence-electron chi connectivity index (χ1n) is 13.8. The molecule has 1 saturated heterocycles. The van der Waals surface area contributed by atoms with Gasteiger partial charge in [-0.05, 0) is 69.1 Å². The molecule has 4 atom stereocenters. The zero-order valence-electron chi connectivity index (χ0n) is 23.7. The number of hydrazine groups is 1. The summed E-state index contributed by atoms with van der Waals surface area (Å²) in [5.74, 6) is -1.80. The molecule has 1 aliphatic rings. The van der Waals surface area contributed by atoms with Crippen molar-refractivity contribution in [3.05, 3.63) is 54.6 Å². The molecule has 0 aliphatic carbocycles. The molecule has 1 heterocycles. The molecule has 0 spiro atoms. The second-order valence-electron chi connectivity index (χ2n) is 10.3. The van der Waals surface area contributed by atoms with E-state index in [1.165, 1.54) is 5.01 Å². The van der Waals surface area contributed by atoms with Gasteiger partial charge in [0.2, 0.25) is 5.91 Å². The molecular formula is C30H44N4O5. The van der Waals surface area contributed by atoms with Crippen molar-refractivity contribution in [3.8, 4) is 0 Å². The van der Waals surface area contributed by atoms with Crippen molar-refractivity contribution < 1.29 is 23.9 Å². The van der Waals surface area contributed by atoms with Gasteiger partial charge >= 0.3 is 5.97 Å². The zero-order valence-corrected chi connectivity index (χ0v) is 23.7. The second kappa shape index (κ2) is 15.8. The van der Waals surface area contributed by atoms with E-state index in [1.807, 2.05) is 31.2 Å². The van der Waals surface area contributed by atoms with Crippen LogP contribution in [0.25, 0.3) is 6.08 Å². The molecule has 2 rings (SSSR count).